The Morgan fingerprint density at radius 2 is 1.77 bits per heavy atom. The second-order valence-corrected chi connectivity index (χ2v) is 7.63. The first-order valence-corrected chi connectivity index (χ1v) is 10.3. The molecule has 0 radical (unpaired) electrons. The number of aliphatic hydroxyl groups excluding tert-OH is 3. The number of nitrogens with one attached hydrogen (secondary N) is 1. The molecule has 1 aliphatic rings. The van der Waals surface area contributed by atoms with Crippen molar-refractivity contribution < 1.29 is 29.6 Å². The monoisotopic (exact) mass is 437 g/mol. The van der Waals surface area contributed by atoms with E-state index in [-0.39, 0.29) is 6.54 Å². The molecule has 2 aromatic rings. The fraction of sp³-hybridized carbons (Fsp3) is 0.455. The maximum absolute atomic E-state index is 10.5. The van der Waals surface area contributed by atoms with E-state index in [0.717, 1.165) is 16.9 Å². The number of rotatable bonds is 8. The summed E-state index contributed by atoms with van der Waals surface area (Å²) in [4.78, 5) is 4.81. The summed E-state index contributed by atoms with van der Waals surface area (Å²) in [5.41, 5.74) is 5.20. The predicted molar refractivity (Wildman–Crippen MR) is 113 cm³/mol. The Labute approximate surface area is 181 Å². The third-order valence-electron chi connectivity index (χ3n) is 5.17. The summed E-state index contributed by atoms with van der Waals surface area (Å²) < 4.78 is 11.4. The highest BCUT2D eigenvalue weighted by atomic mass is 35.5. The highest BCUT2D eigenvalue weighted by Gasteiger charge is 2.44. The first-order valence-electron chi connectivity index (χ1n) is 9.90. The summed E-state index contributed by atoms with van der Waals surface area (Å²) >= 11 is 6.41. The van der Waals surface area contributed by atoms with Crippen LogP contribution in [-0.2, 0) is 16.0 Å². The minimum Gasteiger partial charge on any atom is -0.494 e. The molecule has 0 unspecified atom stereocenters. The molecule has 164 valence electrons. The average Bonchev–Trinajstić information content (AvgIpc) is 2.75. The summed E-state index contributed by atoms with van der Waals surface area (Å²) in [6, 6.07) is 13.1. The van der Waals surface area contributed by atoms with Crippen LogP contribution < -0.4 is 10.2 Å². The van der Waals surface area contributed by atoms with E-state index in [1.54, 1.807) is 12.1 Å². The fourth-order valence-electron chi connectivity index (χ4n) is 3.56. The van der Waals surface area contributed by atoms with Gasteiger partial charge < -0.3 is 29.6 Å². The highest BCUT2D eigenvalue weighted by Crippen LogP contribution is 2.34. The molecule has 2 aromatic carbocycles. The normalized spacial score (nSPS) is 26.5. The summed E-state index contributed by atoms with van der Waals surface area (Å²) in [6.07, 6.45) is -4.85. The first-order chi connectivity index (χ1) is 14.4. The lowest BCUT2D eigenvalue weighted by atomic mass is 9.90. The average molecular weight is 438 g/mol. The van der Waals surface area contributed by atoms with Crippen molar-refractivity contribution in [2.45, 2.75) is 43.9 Å². The van der Waals surface area contributed by atoms with Crippen LogP contribution in [-0.4, -0.2) is 60.0 Å². The van der Waals surface area contributed by atoms with Gasteiger partial charge >= 0.3 is 0 Å². The van der Waals surface area contributed by atoms with Crippen molar-refractivity contribution in [3.05, 3.63) is 64.2 Å². The van der Waals surface area contributed by atoms with Crippen molar-refractivity contribution in [3.63, 3.8) is 0 Å². The van der Waals surface area contributed by atoms with Gasteiger partial charge in [0, 0.05) is 11.6 Å². The number of hydrogen-bond acceptors (Lipinski definition) is 7. The van der Waals surface area contributed by atoms with Crippen molar-refractivity contribution in [3.8, 4) is 5.75 Å². The second kappa shape index (κ2) is 10.5. The topological polar surface area (TPSA) is 100 Å². The fourth-order valence-corrected chi connectivity index (χ4v) is 3.74. The lowest BCUT2D eigenvalue weighted by Gasteiger charge is -2.41. The molecule has 7 nitrogen and oxygen atoms in total. The van der Waals surface area contributed by atoms with Gasteiger partial charge in [-0.25, -0.2) is 5.48 Å². The molecule has 0 spiro atoms. The molecule has 0 bridgehead atoms. The van der Waals surface area contributed by atoms with Crippen LogP contribution in [0, 0.1) is 0 Å². The van der Waals surface area contributed by atoms with Crippen molar-refractivity contribution in [1.29, 1.82) is 0 Å². The molecule has 1 aliphatic heterocycles. The Balaban J connectivity index is 1.80. The number of ether oxygens (including phenoxy) is 2. The van der Waals surface area contributed by atoms with E-state index < -0.39 is 30.5 Å². The Morgan fingerprint density at radius 3 is 2.43 bits per heavy atom. The highest BCUT2D eigenvalue weighted by molar-refractivity contribution is 6.31. The molecular formula is C22H28ClNO6. The van der Waals surface area contributed by atoms with E-state index in [1.165, 1.54) is 7.11 Å². The number of aliphatic hydroxyl groups is 3. The van der Waals surface area contributed by atoms with Crippen LogP contribution in [0.4, 0.5) is 0 Å². The maximum Gasteiger partial charge on any atom is 0.119 e. The molecule has 3 rings (SSSR count). The molecular weight excluding hydrogens is 410 g/mol. The molecule has 5 atom stereocenters. The molecule has 1 heterocycles. The molecule has 8 heteroatoms. The third-order valence-corrected chi connectivity index (χ3v) is 5.54. The van der Waals surface area contributed by atoms with Crippen molar-refractivity contribution >= 4 is 11.6 Å². The minimum absolute atomic E-state index is 0.157. The number of hydrogen-bond donors (Lipinski definition) is 4. The molecule has 0 saturated carbocycles. The van der Waals surface area contributed by atoms with Gasteiger partial charge in [-0.2, -0.15) is 0 Å². The first kappa shape index (κ1) is 23.0. The van der Waals surface area contributed by atoms with Gasteiger partial charge in [-0.15, -0.1) is 0 Å². The summed E-state index contributed by atoms with van der Waals surface area (Å²) in [7, 11) is 1.45. The van der Waals surface area contributed by atoms with Crippen LogP contribution in [0.3, 0.4) is 0 Å². The molecule has 0 aliphatic carbocycles. The van der Waals surface area contributed by atoms with E-state index in [4.69, 9.17) is 25.9 Å². The van der Waals surface area contributed by atoms with Gasteiger partial charge in [0.05, 0.1) is 13.7 Å². The van der Waals surface area contributed by atoms with E-state index in [2.05, 4.69) is 5.48 Å². The van der Waals surface area contributed by atoms with Crippen LogP contribution in [0.15, 0.2) is 42.5 Å². The van der Waals surface area contributed by atoms with E-state index >= 15 is 0 Å². The second-order valence-electron chi connectivity index (χ2n) is 7.22. The third kappa shape index (κ3) is 5.31. The predicted octanol–water partition coefficient (Wildman–Crippen LogP) is 2.00. The number of halogens is 1. The standard InChI is InChI=1S/C22H28ClNO6/c1-3-29-16-7-4-13(5-8-16)10-15-11-14(6-9-17(15)23)22-21(27)20(26)19(25)18(30-22)12-24-28-2/h4-9,11,18-22,24-27H,3,10,12H2,1-2H3/t18-,19-,20+,21-,22+/m1/s1. The van der Waals surface area contributed by atoms with Gasteiger partial charge in [0.1, 0.15) is 36.3 Å². The van der Waals surface area contributed by atoms with Gasteiger partial charge in [-0.05, 0) is 48.2 Å². The smallest absolute Gasteiger partial charge is 0.119 e. The largest absolute Gasteiger partial charge is 0.494 e. The Kier molecular flexibility index (Phi) is 8.07. The number of hydroxylamine groups is 1. The van der Waals surface area contributed by atoms with Crippen LogP contribution in [0.1, 0.15) is 29.7 Å². The lowest BCUT2D eigenvalue weighted by molar-refractivity contribution is -0.227. The van der Waals surface area contributed by atoms with E-state index in [9.17, 15) is 15.3 Å². The zero-order valence-corrected chi connectivity index (χ0v) is 17.7. The quantitative estimate of drug-likeness (QED) is 0.469. The van der Waals surface area contributed by atoms with Gasteiger partial charge in [-0.3, -0.25) is 0 Å². The molecule has 0 amide bonds. The van der Waals surface area contributed by atoms with Crippen molar-refractivity contribution in [1.82, 2.24) is 5.48 Å². The van der Waals surface area contributed by atoms with Gasteiger partial charge in [-0.1, -0.05) is 35.9 Å². The van der Waals surface area contributed by atoms with Crippen molar-refractivity contribution in [2.75, 3.05) is 20.3 Å². The van der Waals surface area contributed by atoms with Crippen LogP contribution >= 0.6 is 11.6 Å². The Bertz CT molecular complexity index is 818. The zero-order valence-electron chi connectivity index (χ0n) is 17.0. The van der Waals surface area contributed by atoms with Crippen LogP contribution in [0.5, 0.6) is 5.75 Å². The van der Waals surface area contributed by atoms with Crippen LogP contribution in [0.25, 0.3) is 0 Å². The van der Waals surface area contributed by atoms with Crippen LogP contribution in [0.2, 0.25) is 5.02 Å². The molecule has 1 fully saturated rings. The maximum atomic E-state index is 10.5. The molecule has 30 heavy (non-hydrogen) atoms. The lowest BCUT2D eigenvalue weighted by Crippen LogP contribution is -2.56. The molecule has 4 N–H and O–H groups in total. The Morgan fingerprint density at radius 1 is 1.03 bits per heavy atom. The van der Waals surface area contributed by atoms with Gasteiger partial charge in [0.15, 0.2) is 0 Å². The SMILES string of the molecule is CCOc1ccc(Cc2cc([C@@H]3O[C@H](CNOC)[C@@H](O)[C@H](O)[C@H]3O)ccc2Cl)cc1. The summed E-state index contributed by atoms with van der Waals surface area (Å²) in [6.45, 7) is 2.70. The summed E-state index contributed by atoms with van der Waals surface area (Å²) in [5, 5.41) is 31.6. The van der Waals surface area contributed by atoms with E-state index in [0.29, 0.717) is 23.6 Å². The number of benzene rings is 2. The van der Waals surface area contributed by atoms with Crippen molar-refractivity contribution in [2.24, 2.45) is 0 Å². The van der Waals surface area contributed by atoms with E-state index in [1.807, 2.05) is 37.3 Å². The molecule has 1 saturated heterocycles. The molecule has 0 aromatic heterocycles. The minimum atomic E-state index is -1.35. The zero-order chi connectivity index (χ0) is 21.7. The van der Waals surface area contributed by atoms with Gasteiger partial charge in [0.25, 0.3) is 0 Å². The summed E-state index contributed by atoms with van der Waals surface area (Å²) in [5.74, 6) is 0.808. The Hall–Kier alpha value is -1.71. The van der Waals surface area contributed by atoms with Gasteiger partial charge in [0.2, 0.25) is 0 Å².